The van der Waals surface area contributed by atoms with Crippen LogP contribution in [0.3, 0.4) is 0 Å². The Morgan fingerprint density at radius 2 is 2.00 bits per heavy atom. The summed E-state index contributed by atoms with van der Waals surface area (Å²) in [5.41, 5.74) is 0. The number of carbonyl (C=O) groups is 1. The first-order chi connectivity index (χ1) is 8.42. The molecule has 0 heterocycles. The number of rotatable bonds is 6. The number of hydrogen-bond acceptors (Lipinski definition) is 3. The third-order valence-corrected chi connectivity index (χ3v) is 4.31. The van der Waals surface area contributed by atoms with Gasteiger partial charge in [-0.1, -0.05) is 32.4 Å². The average Bonchev–Trinajstić information content (AvgIpc) is 2.35. The lowest BCUT2D eigenvalue weighted by molar-refractivity contribution is -0.110. The fourth-order valence-corrected chi connectivity index (χ4v) is 2.79. The molecule has 0 radical (unpaired) electrons. The van der Waals surface area contributed by atoms with Crippen LogP contribution in [-0.4, -0.2) is 20.7 Å². The Labute approximate surface area is 106 Å². The van der Waals surface area contributed by atoms with Crippen molar-refractivity contribution in [2.45, 2.75) is 31.2 Å². The Hall–Kier alpha value is -1.27. The van der Waals surface area contributed by atoms with Crippen LogP contribution < -0.4 is 4.72 Å². The summed E-state index contributed by atoms with van der Waals surface area (Å²) in [4.78, 5) is 10.4. The molecule has 0 fully saturated rings. The van der Waals surface area contributed by atoms with E-state index in [4.69, 9.17) is 0 Å². The van der Waals surface area contributed by atoms with Gasteiger partial charge in [0.05, 0.1) is 6.04 Å². The molecule has 100 valence electrons. The van der Waals surface area contributed by atoms with E-state index in [9.17, 15) is 17.6 Å². The summed E-state index contributed by atoms with van der Waals surface area (Å²) < 4.78 is 39.5. The average molecular weight is 273 g/mol. The molecule has 1 aromatic rings. The third kappa shape index (κ3) is 3.36. The molecular weight excluding hydrogens is 257 g/mol. The summed E-state index contributed by atoms with van der Waals surface area (Å²) in [5, 5.41) is 0. The van der Waals surface area contributed by atoms with Crippen molar-refractivity contribution in [3.63, 3.8) is 0 Å². The van der Waals surface area contributed by atoms with E-state index in [0.717, 1.165) is 12.1 Å². The summed E-state index contributed by atoms with van der Waals surface area (Å²) in [6.07, 6.45) is 1.18. The van der Waals surface area contributed by atoms with Gasteiger partial charge in [0.25, 0.3) is 0 Å². The number of carbonyl (C=O) groups excluding carboxylic acids is 1. The number of sulfonamides is 1. The summed E-state index contributed by atoms with van der Waals surface area (Å²) in [6.45, 7) is 3.60. The van der Waals surface area contributed by atoms with Crippen molar-refractivity contribution < 1.29 is 17.6 Å². The highest BCUT2D eigenvalue weighted by Gasteiger charge is 2.25. The van der Waals surface area contributed by atoms with Crippen molar-refractivity contribution in [3.8, 4) is 0 Å². The maximum Gasteiger partial charge on any atom is 0.244 e. The molecule has 0 aliphatic rings. The number of aldehydes is 1. The first-order valence-corrected chi connectivity index (χ1v) is 7.12. The Balaban J connectivity index is 3.02. The van der Waals surface area contributed by atoms with Crippen LogP contribution in [0, 0.1) is 11.7 Å². The molecule has 2 atom stereocenters. The topological polar surface area (TPSA) is 63.2 Å². The maximum atomic E-state index is 13.4. The molecule has 1 N–H and O–H groups in total. The number of halogens is 1. The van der Waals surface area contributed by atoms with Crippen LogP contribution >= 0.6 is 0 Å². The second-order valence-corrected chi connectivity index (χ2v) is 5.78. The van der Waals surface area contributed by atoms with Gasteiger partial charge in [0.15, 0.2) is 0 Å². The third-order valence-electron chi connectivity index (χ3n) is 2.82. The quantitative estimate of drug-likeness (QED) is 0.803. The van der Waals surface area contributed by atoms with E-state index in [-0.39, 0.29) is 5.92 Å². The minimum Gasteiger partial charge on any atom is -0.302 e. The van der Waals surface area contributed by atoms with E-state index in [1.165, 1.54) is 12.1 Å². The van der Waals surface area contributed by atoms with E-state index >= 15 is 0 Å². The van der Waals surface area contributed by atoms with Crippen LogP contribution in [-0.2, 0) is 14.8 Å². The minimum atomic E-state index is -4.01. The highest BCUT2D eigenvalue weighted by molar-refractivity contribution is 7.89. The Bertz CT molecular complexity index is 516. The summed E-state index contributed by atoms with van der Waals surface area (Å²) >= 11 is 0. The fourth-order valence-electron chi connectivity index (χ4n) is 1.44. The van der Waals surface area contributed by atoms with E-state index in [1.807, 2.05) is 6.92 Å². The lowest BCUT2D eigenvalue weighted by Gasteiger charge is -2.18. The number of benzene rings is 1. The van der Waals surface area contributed by atoms with Gasteiger partial charge in [-0.15, -0.1) is 0 Å². The van der Waals surface area contributed by atoms with E-state index in [1.54, 1.807) is 6.92 Å². The summed E-state index contributed by atoms with van der Waals surface area (Å²) in [7, 11) is -4.01. The van der Waals surface area contributed by atoms with Crippen molar-refractivity contribution >= 4 is 16.3 Å². The second kappa shape index (κ2) is 6.06. The molecule has 4 nitrogen and oxygen atoms in total. The molecule has 18 heavy (non-hydrogen) atoms. The van der Waals surface area contributed by atoms with Crippen molar-refractivity contribution in [2.75, 3.05) is 0 Å². The molecule has 0 saturated carbocycles. The van der Waals surface area contributed by atoms with Gasteiger partial charge in [0.1, 0.15) is 17.0 Å². The predicted octanol–water partition coefficient (Wildman–Crippen LogP) is 1.72. The molecule has 0 unspecified atom stereocenters. The van der Waals surface area contributed by atoms with Crippen LogP contribution in [0.5, 0.6) is 0 Å². The molecule has 0 spiro atoms. The van der Waals surface area contributed by atoms with Crippen LogP contribution in [0.25, 0.3) is 0 Å². The van der Waals surface area contributed by atoms with E-state index in [0.29, 0.717) is 12.7 Å². The van der Waals surface area contributed by atoms with Gasteiger partial charge in [-0.3, -0.25) is 0 Å². The standard InChI is InChI=1S/C12H16FNO3S/c1-3-9(2)11(8-15)14-18(16,17)12-7-5-4-6-10(12)13/h4-9,11,14H,3H2,1-2H3/t9-,11+/m0/s1. The molecule has 1 aromatic carbocycles. The van der Waals surface area contributed by atoms with Crippen LogP contribution in [0.2, 0.25) is 0 Å². The monoisotopic (exact) mass is 273 g/mol. The van der Waals surface area contributed by atoms with Gasteiger partial charge in [-0.2, -0.15) is 0 Å². The number of hydrogen-bond donors (Lipinski definition) is 1. The molecule has 0 aliphatic carbocycles. The molecule has 0 amide bonds. The van der Waals surface area contributed by atoms with Crippen molar-refractivity contribution in [2.24, 2.45) is 5.92 Å². The maximum absolute atomic E-state index is 13.4. The van der Waals surface area contributed by atoms with Gasteiger partial charge >= 0.3 is 0 Å². The van der Waals surface area contributed by atoms with Crippen LogP contribution in [0.4, 0.5) is 4.39 Å². The fraction of sp³-hybridized carbons (Fsp3) is 0.417. The first kappa shape index (κ1) is 14.8. The molecule has 1 rings (SSSR count). The zero-order valence-electron chi connectivity index (χ0n) is 10.3. The molecule has 6 heteroatoms. The van der Waals surface area contributed by atoms with Gasteiger partial charge in [-0.25, -0.2) is 17.5 Å². The Morgan fingerprint density at radius 3 is 2.50 bits per heavy atom. The van der Waals surface area contributed by atoms with Crippen molar-refractivity contribution in [3.05, 3.63) is 30.1 Å². The Morgan fingerprint density at radius 1 is 1.39 bits per heavy atom. The lowest BCUT2D eigenvalue weighted by Crippen LogP contribution is -2.40. The van der Waals surface area contributed by atoms with E-state index < -0.39 is 26.8 Å². The van der Waals surface area contributed by atoms with Crippen LogP contribution in [0.15, 0.2) is 29.2 Å². The zero-order chi connectivity index (χ0) is 13.8. The molecular formula is C12H16FNO3S. The van der Waals surface area contributed by atoms with Crippen molar-refractivity contribution in [1.29, 1.82) is 0 Å². The molecule has 0 bridgehead atoms. The largest absolute Gasteiger partial charge is 0.302 e. The van der Waals surface area contributed by atoms with Gasteiger partial charge < -0.3 is 4.79 Å². The lowest BCUT2D eigenvalue weighted by atomic mass is 10.0. The van der Waals surface area contributed by atoms with Gasteiger partial charge in [0, 0.05) is 0 Å². The van der Waals surface area contributed by atoms with Crippen LogP contribution in [0.1, 0.15) is 20.3 Å². The molecule has 0 saturated heterocycles. The smallest absolute Gasteiger partial charge is 0.244 e. The van der Waals surface area contributed by atoms with Crippen molar-refractivity contribution in [1.82, 2.24) is 4.72 Å². The summed E-state index contributed by atoms with van der Waals surface area (Å²) in [5.74, 6) is -0.983. The summed E-state index contributed by atoms with van der Waals surface area (Å²) in [6, 6.07) is 4.21. The molecule has 0 aromatic heterocycles. The van der Waals surface area contributed by atoms with Gasteiger partial charge in [0.2, 0.25) is 10.0 Å². The first-order valence-electron chi connectivity index (χ1n) is 5.64. The minimum absolute atomic E-state index is 0.149. The predicted molar refractivity (Wildman–Crippen MR) is 66.0 cm³/mol. The van der Waals surface area contributed by atoms with Gasteiger partial charge in [-0.05, 0) is 18.1 Å². The highest BCUT2D eigenvalue weighted by Crippen LogP contribution is 2.15. The second-order valence-electron chi connectivity index (χ2n) is 4.10. The highest BCUT2D eigenvalue weighted by atomic mass is 32.2. The SMILES string of the molecule is CC[C@H](C)[C@@H](C=O)NS(=O)(=O)c1ccccc1F. The normalized spacial score (nSPS) is 15.1. The zero-order valence-corrected chi connectivity index (χ0v) is 11.1. The number of nitrogens with one attached hydrogen (secondary N) is 1. The Kier molecular flexibility index (Phi) is 4.98. The molecule has 0 aliphatic heterocycles. The van der Waals surface area contributed by atoms with E-state index in [2.05, 4.69) is 4.72 Å².